The van der Waals surface area contributed by atoms with Crippen LogP contribution in [0.1, 0.15) is 25.0 Å². The van der Waals surface area contributed by atoms with E-state index in [0.29, 0.717) is 0 Å². The number of carbonyl (C=O) groups excluding carboxylic acids is 1. The second-order valence-corrected chi connectivity index (χ2v) is 4.41. The smallest absolute Gasteiger partial charge is 0.246 e. The minimum atomic E-state index is -0.0423. The molecule has 0 aliphatic rings. The summed E-state index contributed by atoms with van der Waals surface area (Å²) in [5, 5.41) is 7.06. The molecule has 1 aromatic carbocycles. The number of hydrogen-bond donors (Lipinski definition) is 1. The third-order valence-corrected chi connectivity index (χ3v) is 3.13. The lowest BCUT2D eigenvalue weighted by molar-refractivity contribution is -0.116. The lowest BCUT2D eigenvalue weighted by atomic mass is 10.0. The van der Waals surface area contributed by atoms with E-state index in [-0.39, 0.29) is 12.5 Å². The number of benzene rings is 1. The van der Waals surface area contributed by atoms with Gasteiger partial charge in [0.1, 0.15) is 6.54 Å². The van der Waals surface area contributed by atoms with Gasteiger partial charge in [-0.25, -0.2) is 0 Å². The number of aromatic nitrogens is 2. The maximum atomic E-state index is 12.0. The molecule has 1 heterocycles. The average molecular weight is 257 g/mol. The number of anilines is 1. The summed E-state index contributed by atoms with van der Waals surface area (Å²) in [4.78, 5) is 12.0. The van der Waals surface area contributed by atoms with Crippen LogP contribution in [0.15, 0.2) is 36.7 Å². The second-order valence-electron chi connectivity index (χ2n) is 4.41. The van der Waals surface area contributed by atoms with Crippen LogP contribution in [0.3, 0.4) is 0 Å². The van der Waals surface area contributed by atoms with E-state index in [0.717, 1.165) is 18.5 Å². The average Bonchev–Trinajstić information content (AvgIpc) is 2.91. The van der Waals surface area contributed by atoms with Crippen LogP contribution >= 0.6 is 0 Å². The van der Waals surface area contributed by atoms with Crippen LogP contribution in [0.2, 0.25) is 0 Å². The van der Waals surface area contributed by atoms with Gasteiger partial charge in [0, 0.05) is 18.1 Å². The number of rotatable bonds is 5. The molecule has 1 N–H and O–H groups in total. The van der Waals surface area contributed by atoms with Crippen LogP contribution in [-0.4, -0.2) is 15.7 Å². The number of carbonyl (C=O) groups is 1. The summed E-state index contributed by atoms with van der Waals surface area (Å²) in [6.45, 7) is 4.43. The predicted molar refractivity (Wildman–Crippen MR) is 76.1 cm³/mol. The summed E-state index contributed by atoms with van der Waals surface area (Å²) >= 11 is 0. The lowest BCUT2D eigenvalue weighted by Gasteiger charge is -2.14. The van der Waals surface area contributed by atoms with Crippen molar-refractivity contribution in [3.63, 3.8) is 0 Å². The summed E-state index contributed by atoms with van der Waals surface area (Å²) in [5.74, 6) is -0.0423. The highest BCUT2D eigenvalue weighted by Crippen LogP contribution is 2.22. The van der Waals surface area contributed by atoms with Crippen LogP contribution in [0.25, 0.3) is 0 Å². The number of nitrogens with zero attached hydrogens (tertiary/aromatic N) is 2. The van der Waals surface area contributed by atoms with Gasteiger partial charge < -0.3 is 5.32 Å². The molecule has 100 valence electrons. The van der Waals surface area contributed by atoms with Crippen molar-refractivity contribution < 1.29 is 4.79 Å². The van der Waals surface area contributed by atoms with Gasteiger partial charge in [0.05, 0.1) is 0 Å². The molecule has 2 rings (SSSR count). The van der Waals surface area contributed by atoms with Gasteiger partial charge in [-0.3, -0.25) is 9.48 Å². The first-order chi connectivity index (χ1) is 9.24. The Morgan fingerprint density at radius 3 is 2.42 bits per heavy atom. The Morgan fingerprint density at radius 2 is 1.89 bits per heavy atom. The zero-order valence-electron chi connectivity index (χ0n) is 11.4. The van der Waals surface area contributed by atoms with Crippen molar-refractivity contribution in [3.05, 3.63) is 47.8 Å². The molecule has 1 aromatic heterocycles. The molecule has 4 heteroatoms. The van der Waals surface area contributed by atoms with E-state index >= 15 is 0 Å². The maximum absolute atomic E-state index is 12.0. The number of hydrogen-bond acceptors (Lipinski definition) is 2. The summed E-state index contributed by atoms with van der Waals surface area (Å²) in [6.07, 6.45) is 5.27. The minimum absolute atomic E-state index is 0.0423. The SMILES string of the molecule is CCc1cccc(CC)c1NC(=O)Cn1cccn1. The monoisotopic (exact) mass is 257 g/mol. The van der Waals surface area contributed by atoms with E-state index in [2.05, 4.69) is 36.4 Å². The van der Waals surface area contributed by atoms with Gasteiger partial charge >= 0.3 is 0 Å². The van der Waals surface area contributed by atoms with Crippen molar-refractivity contribution in [2.45, 2.75) is 33.2 Å². The first-order valence-corrected chi connectivity index (χ1v) is 6.62. The van der Waals surface area contributed by atoms with Gasteiger partial charge in [-0.1, -0.05) is 32.0 Å². The van der Waals surface area contributed by atoms with Crippen LogP contribution in [-0.2, 0) is 24.2 Å². The van der Waals surface area contributed by atoms with E-state index in [1.165, 1.54) is 11.1 Å². The molecule has 1 amide bonds. The third kappa shape index (κ3) is 3.22. The van der Waals surface area contributed by atoms with Gasteiger partial charge in [-0.05, 0) is 30.0 Å². The normalized spacial score (nSPS) is 10.4. The third-order valence-electron chi connectivity index (χ3n) is 3.13. The molecule has 0 bridgehead atoms. The van der Waals surface area contributed by atoms with Gasteiger partial charge in [0.15, 0.2) is 0 Å². The van der Waals surface area contributed by atoms with Crippen LogP contribution in [0.5, 0.6) is 0 Å². The van der Waals surface area contributed by atoms with Crippen LogP contribution < -0.4 is 5.32 Å². The molecule has 0 unspecified atom stereocenters. The molecule has 2 aromatic rings. The van der Waals surface area contributed by atoms with Crippen molar-refractivity contribution >= 4 is 11.6 Å². The van der Waals surface area contributed by atoms with Gasteiger partial charge in [0.25, 0.3) is 0 Å². The molecule has 0 saturated carbocycles. The number of nitrogens with one attached hydrogen (secondary N) is 1. The highest BCUT2D eigenvalue weighted by Gasteiger charge is 2.10. The number of amides is 1. The molecule has 0 saturated heterocycles. The van der Waals surface area contributed by atoms with E-state index < -0.39 is 0 Å². The molecule has 0 fully saturated rings. The Kier molecular flexibility index (Phi) is 4.34. The van der Waals surface area contributed by atoms with E-state index in [9.17, 15) is 4.79 Å². The fourth-order valence-electron chi connectivity index (χ4n) is 2.12. The van der Waals surface area contributed by atoms with Crippen molar-refractivity contribution in [1.29, 1.82) is 0 Å². The van der Waals surface area contributed by atoms with Crippen molar-refractivity contribution in [1.82, 2.24) is 9.78 Å². The molecule has 0 aliphatic heterocycles. The first-order valence-electron chi connectivity index (χ1n) is 6.62. The molecular weight excluding hydrogens is 238 g/mol. The van der Waals surface area contributed by atoms with E-state index in [4.69, 9.17) is 0 Å². The zero-order valence-corrected chi connectivity index (χ0v) is 11.4. The molecule has 0 radical (unpaired) electrons. The standard InChI is InChI=1S/C15H19N3O/c1-3-12-7-5-8-13(4-2)15(12)17-14(19)11-18-10-6-9-16-18/h5-10H,3-4,11H2,1-2H3,(H,17,19). The molecule has 0 aliphatic carbocycles. The Hall–Kier alpha value is -2.10. The summed E-state index contributed by atoms with van der Waals surface area (Å²) < 4.78 is 1.62. The highest BCUT2D eigenvalue weighted by atomic mass is 16.2. The van der Waals surface area contributed by atoms with Crippen LogP contribution in [0, 0.1) is 0 Å². The lowest BCUT2D eigenvalue weighted by Crippen LogP contribution is -2.20. The molecular formula is C15H19N3O. The Balaban J connectivity index is 2.15. The van der Waals surface area contributed by atoms with E-state index in [1.54, 1.807) is 17.1 Å². The molecule has 0 atom stereocenters. The largest absolute Gasteiger partial charge is 0.324 e. The molecule has 19 heavy (non-hydrogen) atoms. The number of aryl methyl sites for hydroxylation is 2. The Labute approximate surface area is 113 Å². The maximum Gasteiger partial charge on any atom is 0.246 e. The minimum Gasteiger partial charge on any atom is -0.324 e. The highest BCUT2D eigenvalue weighted by molar-refractivity contribution is 5.92. The van der Waals surface area contributed by atoms with Crippen molar-refractivity contribution in [2.24, 2.45) is 0 Å². The predicted octanol–water partition coefficient (Wildman–Crippen LogP) is 2.65. The molecule has 4 nitrogen and oxygen atoms in total. The Bertz CT molecular complexity index is 524. The van der Waals surface area contributed by atoms with Gasteiger partial charge in [-0.15, -0.1) is 0 Å². The van der Waals surface area contributed by atoms with Crippen molar-refractivity contribution in [3.8, 4) is 0 Å². The quantitative estimate of drug-likeness (QED) is 0.895. The van der Waals surface area contributed by atoms with Gasteiger partial charge in [0.2, 0.25) is 5.91 Å². The fourth-order valence-corrected chi connectivity index (χ4v) is 2.12. The number of para-hydroxylation sites is 1. The summed E-state index contributed by atoms with van der Waals surface area (Å²) in [6, 6.07) is 7.97. The second kappa shape index (κ2) is 6.18. The molecule has 0 spiro atoms. The van der Waals surface area contributed by atoms with Crippen molar-refractivity contribution in [2.75, 3.05) is 5.32 Å². The summed E-state index contributed by atoms with van der Waals surface area (Å²) in [7, 11) is 0. The topological polar surface area (TPSA) is 46.9 Å². The fraction of sp³-hybridized carbons (Fsp3) is 0.333. The van der Waals surface area contributed by atoms with Gasteiger partial charge in [-0.2, -0.15) is 5.10 Å². The zero-order chi connectivity index (χ0) is 13.7. The Morgan fingerprint density at radius 1 is 1.21 bits per heavy atom. The van der Waals surface area contributed by atoms with Crippen LogP contribution in [0.4, 0.5) is 5.69 Å². The van der Waals surface area contributed by atoms with E-state index in [1.807, 2.05) is 12.1 Å². The summed E-state index contributed by atoms with van der Waals surface area (Å²) in [5.41, 5.74) is 3.31. The first kappa shape index (κ1) is 13.3.